The molecule has 0 saturated carbocycles. The number of nitrogens with zero attached hydrogens (tertiary/aromatic N) is 1. The summed E-state index contributed by atoms with van der Waals surface area (Å²) in [5.41, 5.74) is 5.14. The van der Waals surface area contributed by atoms with Gasteiger partial charge in [0.1, 0.15) is 0 Å². The summed E-state index contributed by atoms with van der Waals surface area (Å²) in [7, 11) is 0. The van der Waals surface area contributed by atoms with Crippen LogP contribution in [0.4, 0.5) is 10.8 Å². The first-order valence-corrected chi connectivity index (χ1v) is 9.66. The van der Waals surface area contributed by atoms with E-state index < -0.39 is 0 Å². The minimum atomic E-state index is 0.610. The smallest absolute Gasteiger partial charge is 0.187 e. The van der Waals surface area contributed by atoms with Gasteiger partial charge in [0.2, 0.25) is 0 Å². The number of hydrogen-bond acceptors (Lipinski definition) is 3. The summed E-state index contributed by atoms with van der Waals surface area (Å²) in [4.78, 5) is 4.65. The molecule has 4 rings (SSSR count). The van der Waals surface area contributed by atoms with Crippen LogP contribution in [0.5, 0.6) is 0 Å². The molecule has 0 radical (unpaired) electrons. The highest BCUT2D eigenvalue weighted by molar-refractivity contribution is 7.14. The summed E-state index contributed by atoms with van der Waals surface area (Å²) >= 11 is 13.8. The molecule has 0 fully saturated rings. The Balaban J connectivity index is 1.55. The van der Waals surface area contributed by atoms with Crippen LogP contribution in [0.2, 0.25) is 10.0 Å². The van der Waals surface area contributed by atoms with Crippen LogP contribution < -0.4 is 5.32 Å². The van der Waals surface area contributed by atoms with Crippen LogP contribution >= 0.6 is 34.5 Å². The van der Waals surface area contributed by atoms with Crippen LogP contribution in [-0.4, -0.2) is 4.98 Å². The summed E-state index contributed by atoms with van der Waals surface area (Å²) in [5, 5.41) is 7.27. The molecule has 0 amide bonds. The number of halogens is 2. The Hall–Kier alpha value is -2.33. The molecular weight excluding hydrogens is 383 g/mol. The van der Waals surface area contributed by atoms with Crippen LogP contribution in [0, 0.1) is 0 Å². The van der Waals surface area contributed by atoms with Gasteiger partial charge in [0.15, 0.2) is 5.13 Å². The molecule has 5 heteroatoms. The van der Waals surface area contributed by atoms with Gasteiger partial charge in [0.25, 0.3) is 0 Å². The average Bonchev–Trinajstić information content (AvgIpc) is 3.14. The van der Waals surface area contributed by atoms with Crippen molar-refractivity contribution in [2.24, 2.45) is 0 Å². The van der Waals surface area contributed by atoms with Gasteiger partial charge < -0.3 is 5.32 Å². The van der Waals surface area contributed by atoms with E-state index >= 15 is 0 Å². The molecule has 0 spiro atoms. The molecular formula is C21H14Cl2N2S. The Bertz CT molecular complexity index is 1030. The summed E-state index contributed by atoms with van der Waals surface area (Å²) < 4.78 is 0. The van der Waals surface area contributed by atoms with E-state index in [1.165, 1.54) is 22.5 Å². The summed E-state index contributed by atoms with van der Waals surface area (Å²) in [6, 6.07) is 24.1. The van der Waals surface area contributed by atoms with Crippen molar-refractivity contribution in [2.75, 3.05) is 5.32 Å². The van der Waals surface area contributed by atoms with E-state index in [-0.39, 0.29) is 0 Å². The molecule has 0 saturated heterocycles. The second kappa shape index (κ2) is 7.50. The molecule has 1 N–H and O–H groups in total. The minimum absolute atomic E-state index is 0.610. The van der Waals surface area contributed by atoms with Gasteiger partial charge in [-0.1, -0.05) is 77.8 Å². The lowest BCUT2D eigenvalue weighted by Crippen LogP contribution is -1.90. The van der Waals surface area contributed by atoms with E-state index in [4.69, 9.17) is 23.2 Å². The van der Waals surface area contributed by atoms with Gasteiger partial charge in [0, 0.05) is 16.0 Å². The first-order valence-electron chi connectivity index (χ1n) is 8.02. The van der Waals surface area contributed by atoms with Crippen LogP contribution in [0.1, 0.15) is 0 Å². The molecule has 0 aliphatic heterocycles. The lowest BCUT2D eigenvalue weighted by atomic mass is 10.0. The largest absolute Gasteiger partial charge is 0.330 e. The SMILES string of the molecule is Clc1ccc(Cl)c(Nc2nc(-c3ccc(-c4ccccc4)cc3)cs2)c1. The molecule has 0 bridgehead atoms. The van der Waals surface area contributed by atoms with E-state index in [1.807, 2.05) is 23.6 Å². The lowest BCUT2D eigenvalue weighted by Gasteiger charge is -2.05. The molecule has 26 heavy (non-hydrogen) atoms. The third-order valence-electron chi connectivity index (χ3n) is 3.96. The topological polar surface area (TPSA) is 24.9 Å². The molecule has 4 aromatic rings. The fraction of sp³-hybridized carbons (Fsp3) is 0. The quantitative estimate of drug-likeness (QED) is 0.385. The zero-order chi connectivity index (χ0) is 17.9. The minimum Gasteiger partial charge on any atom is -0.330 e. The predicted octanol–water partition coefficient (Wildman–Crippen LogP) is 7.53. The number of rotatable bonds is 4. The Morgan fingerprint density at radius 1 is 0.769 bits per heavy atom. The van der Waals surface area contributed by atoms with E-state index in [9.17, 15) is 0 Å². The molecule has 2 nitrogen and oxygen atoms in total. The summed E-state index contributed by atoms with van der Waals surface area (Å²) in [5.74, 6) is 0. The van der Waals surface area contributed by atoms with Gasteiger partial charge in [0.05, 0.1) is 16.4 Å². The molecule has 0 aliphatic rings. The number of nitrogens with one attached hydrogen (secondary N) is 1. The standard InChI is InChI=1S/C21H14Cl2N2S/c22-17-10-11-18(23)19(12-17)24-21-25-20(13-26-21)16-8-6-15(7-9-16)14-4-2-1-3-5-14/h1-13H,(H,24,25). The van der Waals surface area contributed by atoms with E-state index in [1.54, 1.807) is 18.2 Å². The first kappa shape index (κ1) is 17.1. The highest BCUT2D eigenvalue weighted by Crippen LogP contribution is 2.32. The zero-order valence-electron chi connectivity index (χ0n) is 13.6. The molecule has 1 aromatic heterocycles. The Morgan fingerprint density at radius 3 is 2.23 bits per heavy atom. The second-order valence-corrected chi connectivity index (χ2v) is 7.43. The van der Waals surface area contributed by atoms with Crippen molar-refractivity contribution in [3.05, 3.63) is 88.2 Å². The predicted molar refractivity (Wildman–Crippen MR) is 113 cm³/mol. The second-order valence-electron chi connectivity index (χ2n) is 5.73. The molecule has 0 atom stereocenters. The number of hydrogen-bond donors (Lipinski definition) is 1. The van der Waals surface area contributed by atoms with Crippen molar-refractivity contribution in [1.29, 1.82) is 0 Å². The highest BCUT2D eigenvalue weighted by atomic mass is 35.5. The third-order valence-corrected chi connectivity index (χ3v) is 5.28. The van der Waals surface area contributed by atoms with Gasteiger partial charge in [-0.15, -0.1) is 11.3 Å². The van der Waals surface area contributed by atoms with Crippen molar-refractivity contribution >= 4 is 45.4 Å². The first-order chi connectivity index (χ1) is 12.7. The Morgan fingerprint density at radius 2 is 1.46 bits per heavy atom. The van der Waals surface area contributed by atoms with Crippen molar-refractivity contribution < 1.29 is 0 Å². The van der Waals surface area contributed by atoms with Crippen LogP contribution in [0.15, 0.2) is 78.2 Å². The fourth-order valence-corrected chi connectivity index (χ4v) is 3.71. The Labute approximate surface area is 166 Å². The lowest BCUT2D eigenvalue weighted by molar-refractivity contribution is 1.38. The maximum Gasteiger partial charge on any atom is 0.187 e. The van der Waals surface area contributed by atoms with Crippen molar-refractivity contribution in [3.8, 4) is 22.4 Å². The average molecular weight is 397 g/mol. The number of anilines is 2. The van der Waals surface area contributed by atoms with Gasteiger partial charge in [-0.25, -0.2) is 4.98 Å². The van der Waals surface area contributed by atoms with Crippen molar-refractivity contribution in [1.82, 2.24) is 4.98 Å². The van der Waals surface area contributed by atoms with Crippen LogP contribution in [0.25, 0.3) is 22.4 Å². The molecule has 0 aliphatic carbocycles. The third kappa shape index (κ3) is 3.75. The molecule has 128 valence electrons. The summed E-state index contributed by atoms with van der Waals surface area (Å²) in [6.45, 7) is 0. The normalized spacial score (nSPS) is 10.7. The van der Waals surface area contributed by atoms with Crippen molar-refractivity contribution in [3.63, 3.8) is 0 Å². The highest BCUT2D eigenvalue weighted by Gasteiger charge is 2.08. The molecule has 0 unspecified atom stereocenters. The van der Waals surface area contributed by atoms with Gasteiger partial charge >= 0.3 is 0 Å². The maximum atomic E-state index is 6.20. The summed E-state index contributed by atoms with van der Waals surface area (Å²) in [6.07, 6.45) is 0. The number of aromatic nitrogens is 1. The molecule has 3 aromatic carbocycles. The monoisotopic (exact) mass is 396 g/mol. The Kier molecular flexibility index (Phi) is 4.93. The van der Waals surface area contributed by atoms with E-state index in [2.05, 4.69) is 46.7 Å². The van der Waals surface area contributed by atoms with E-state index in [0.717, 1.165) is 22.1 Å². The van der Waals surface area contributed by atoms with E-state index in [0.29, 0.717) is 10.0 Å². The van der Waals surface area contributed by atoms with Gasteiger partial charge in [-0.3, -0.25) is 0 Å². The van der Waals surface area contributed by atoms with Gasteiger partial charge in [-0.2, -0.15) is 0 Å². The van der Waals surface area contributed by atoms with Crippen LogP contribution in [0.3, 0.4) is 0 Å². The number of benzene rings is 3. The maximum absolute atomic E-state index is 6.20. The fourth-order valence-electron chi connectivity index (χ4n) is 2.64. The van der Waals surface area contributed by atoms with Crippen molar-refractivity contribution in [2.45, 2.75) is 0 Å². The van der Waals surface area contributed by atoms with Gasteiger partial charge in [-0.05, 0) is 29.3 Å². The number of thiazole rings is 1. The molecule has 1 heterocycles. The zero-order valence-corrected chi connectivity index (χ0v) is 15.9. The van der Waals surface area contributed by atoms with Crippen LogP contribution in [-0.2, 0) is 0 Å².